The van der Waals surface area contributed by atoms with Crippen molar-refractivity contribution < 1.29 is 30.0 Å². The van der Waals surface area contributed by atoms with Gasteiger partial charge in [-0.25, -0.2) is 0 Å². The minimum Gasteiger partial charge on any atom is -0.480 e. The van der Waals surface area contributed by atoms with E-state index >= 15 is 0 Å². The molecule has 116 valence electrons. The molecule has 4 N–H and O–H groups in total. The summed E-state index contributed by atoms with van der Waals surface area (Å²) in [4.78, 5) is 21.5. The molecule has 10 heteroatoms. The van der Waals surface area contributed by atoms with Crippen LogP contribution >= 0.6 is 48.8 Å². The molecule has 1 saturated carbocycles. The maximum atomic E-state index is 10.7. The monoisotopic (exact) mass is 360 g/mol. The van der Waals surface area contributed by atoms with Crippen molar-refractivity contribution in [1.82, 2.24) is 0 Å². The molecule has 6 atom stereocenters. The van der Waals surface area contributed by atoms with E-state index in [1.165, 1.54) is 0 Å². The summed E-state index contributed by atoms with van der Waals surface area (Å²) in [6.45, 7) is 0. The van der Waals surface area contributed by atoms with Crippen molar-refractivity contribution in [1.29, 1.82) is 0 Å². The van der Waals surface area contributed by atoms with Gasteiger partial charge in [0, 0.05) is 10.5 Å². The van der Waals surface area contributed by atoms with Gasteiger partial charge < -0.3 is 20.4 Å². The van der Waals surface area contributed by atoms with Gasteiger partial charge in [-0.05, 0) is 12.8 Å². The molecule has 0 amide bonds. The molecule has 0 heterocycles. The summed E-state index contributed by atoms with van der Waals surface area (Å²) < 4.78 is -1.94. The Morgan fingerprint density at radius 3 is 1.45 bits per heavy atom. The van der Waals surface area contributed by atoms with Crippen molar-refractivity contribution in [2.75, 3.05) is 0 Å². The van der Waals surface area contributed by atoms with Crippen molar-refractivity contribution in [2.24, 2.45) is 0 Å². The highest BCUT2D eigenvalue weighted by Gasteiger charge is 2.39. The molecule has 0 radical (unpaired) electrons. The van der Waals surface area contributed by atoms with Gasteiger partial charge in [0.15, 0.2) is 0 Å². The molecular weight excluding hydrogens is 344 g/mol. The fourth-order valence-electron chi connectivity index (χ4n) is 1.83. The Bertz CT molecular complexity index is 334. The van der Waals surface area contributed by atoms with Crippen LogP contribution in [0.25, 0.3) is 0 Å². The summed E-state index contributed by atoms with van der Waals surface area (Å²) >= 11 is 9.73. The van der Waals surface area contributed by atoms with Crippen LogP contribution in [0.2, 0.25) is 0 Å². The Hall–Kier alpha value is 0.260. The summed E-state index contributed by atoms with van der Waals surface area (Å²) in [5, 5.41) is 36.7. The molecule has 0 spiro atoms. The number of aliphatic carboxylic acids is 2. The minimum absolute atomic E-state index is 0.188. The highest BCUT2D eigenvalue weighted by Crippen LogP contribution is 2.39. The third-order valence-electron chi connectivity index (χ3n) is 2.84. The lowest BCUT2D eigenvalue weighted by molar-refractivity contribution is -0.135. The van der Waals surface area contributed by atoms with E-state index in [0.717, 1.165) is 23.5 Å². The van der Waals surface area contributed by atoms with E-state index in [4.69, 9.17) is 10.2 Å². The second-order valence-electron chi connectivity index (χ2n) is 4.34. The zero-order valence-electron chi connectivity index (χ0n) is 10.2. The smallest absolute Gasteiger partial charge is 0.326 e. The Labute approximate surface area is 135 Å². The van der Waals surface area contributed by atoms with E-state index in [1.54, 1.807) is 0 Å². The number of aliphatic hydroxyl groups is 2. The first-order valence-electron chi connectivity index (χ1n) is 5.71. The van der Waals surface area contributed by atoms with Crippen LogP contribution in [0.15, 0.2) is 0 Å². The molecule has 0 bridgehead atoms. The number of hydrogen-bond acceptors (Lipinski definition) is 8. The Kier molecular flexibility index (Phi) is 7.36. The van der Waals surface area contributed by atoms with Gasteiger partial charge in [-0.15, -0.1) is 23.5 Å². The highest BCUT2D eigenvalue weighted by atomic mass is 32.2. The van der Waals surface area contributed by atoms with Crippen LogP contribution in [0.5, 0.6) is 0 Å². The number of thiol groups is 2. The largest absolute Gasteiger partial charge is 0.480 e. The van der Waals surface area contributed by atoms with Gasteiger partial charge in [-0.1, -0.05) is 0 Å². The van der Waals surface area contributed by atoms with Gasteiger partial charge >= 0.3 is 11.9 Å². The fraction of sp³-hybridized carbons (Fsp3) is 0.800. The van der Waals surface area contributed by atoms with E-state index in [0.29, 0.717) is 0 Å². The van der Waals surface area contributed by atoms with E-state index in [-0.39, 0.29) is 12.8 Å². The van der Waals surface area contributed by atoms with Crippen LogP contribution in [0.4, 0.5) is 0 Å². The second kappa shape index (κ2) is 8.04. The predicted octanol–water partition coefficient (Wildman–Crippen LogP) is 0.387. The fourth-order valence-corrected chi connectivity index (χ4v) is 4.87. The molecule has 1 fully saturated rings. The number of aliphatic hydroxyl groups excluding tert-OH is 2. The van der Waals surface area contributed by atoms with E-state index < -0.39 is 43.8 Å². The van der Waals surface area contributed by atoms with Gasteiger partial charge in [-0.2, -0.15) is 25.3 Å². The van der Waals surface area contributed by atoms with Gasteiger partial charge in [0.25, 0.3) is 0 Å². The van der Waals surface area contributed by atoms with Crippen LogP contribution in [-0.2, 0) is 9.59 Å². The lowest BCUT2D eigenvalue weighted by Crippen LogP contribution is -2.43. The normalized spacial score (nSPS) is 33.4. The van der Waals surface area contributed by atoms with Crippen LogP contribution in [0, 0.1) is 0 Å². The van der Waals surface area contributed by atoms with Crippen LogP contribution in [0.1, 0.15) is 12.8 Å². The number of carboxylic acids is 2. The number of hydrogen-bond donors (Lipinski definition) is 6. The zero-order chi connectivity index (χ0) is 15.4. The van der Waals surface area contributed by atoms with Crippen LogP contribution < -0.4 is 0 Å². The van der Waals surface area contributed by atoms with Gasteiger partial charge in [0.2, 0.25) is 0 Å². The van der Waals surface area contributed by atoms with Crippen molar-refractivity contribution in [3.8, 4) is 0 Å². The summed E-state index contributed by atoms with van der Waals surface area (Å²) in [6.07, 6.45) is -1.25. The lowest BCUT2D eigenvalue weighted by atomic mass is 9.94. The average Bonchev–Trinajstić information content (AvgIpc) is 2.34. The van der Waals surface area contributed by atoms with Crippen LogP contribution in [-0.4, -0.2) is 64.2 Å². The third kappa shape index (κ3) is 5.23. The van der Waals surface area contributed by atoms with Crippen molar-refractivity contribution in [3.63, 3.8) is 0 Å². The SMILES string of the molecule is O=C(O)C(S)SC1CC(O)C(SC(S)C(=O)O)CC1O. The van der Waals surface area contributed by atoms with Gasteiger partial charge in [0.05, 0.1) is 12.2 Å². The lowest BCUT2D eigenvalue weighted by Gasteiger charge is -2.37. The van der Waals surface area contributed by atoms with E-state index in [2.05, 4.69) is 25.3 Å². The molecule has 20 heavy (non-hydrogen) atoms. The number of thioether (sulfide) groups is 2. The maximum absolute atomic E-state index is 10.7. The zero-order valence-corrected chi connectivity index (χ0v) is 13.6. The molecule has 6 nitrogen and oxygen atoms in total. The Morgan fingerprint density at radius 2 is 1.20 bits per heavy atom. The maximum Gasteiger partial charge on any atom is 0.326 e. The van der Waals surface area contributed by atoms with E-state index in [9.17, 15) is 19.8 Å². The van der Waals surface area contributed by atoms with Crippen molar-refractivity contribution >= 4 is 60.7 Å². The molecule has 0 aromatic rings. The summed E-state index contributed by atoms with van der Waals surface area (Å²) in [6, 6.07) is 0. The summed E-state index contributed by atoms with van der Waals surface area (Å²) in [5.41, 5.74) is 0. The third-order valence-corrected chi connectivity index (χ3v) is 6.64. The number of carbonyl (C=O) groups is 2. The minimum atomic E-state index is -1.10. The average molecular weight is 361 g/mol. The molecule has 0 saturated heterocycles. The Balaban J connectivity index is 2.57. The Morgan fingerprint density at radius 1 is 0.900 bits per heavy atom. The van der Waals surface area contributed by atoms with E-state index in [1.807, 2.05) is 0 Å². The van der Waals surface area contributed by atoms with Gasteiger partial charge in [-0.3, -0.25) is 9.59 Å². The van der Waals surface area contributed by atoms with Crippen LogP contribution in [0.3, 0.4) is 0 Å². The standard InChI is InChI=1S/C10H16O6S4/c11-3-1-5(19-9(17)7(13)14)4(12)2-6(3)20-10(18)8(15)16/h3-6,9-12,17-18H,1-2H2,(H,13,14)(H,15,16). The highest BCUT2D eigenvalue weighted by molar-refractivity contribution is 8.12. The van der Waals surface area contributed by atoms with Gasteiger partial charge in [0.1, 0.15) is 9.16 Å². The molecule has 0 aromatic carbocycles. The first kappa shape index (κ1) is 18.3. The number of carboxylic acid groups (broad SMARTS) is 2. The molecular formula is C10H16O6S4. The summed E-state index contributed by atoms with van der Waals surface area (Å²) in [7, 11) is 0. The first-order valence-corrected chi connectivity index (χ1v) is 8.63. The molecule has 1 aliphatic carbocycles. The summed E-state index contributed by atoms with van der Waals surface area (Å²) in [5.74, 6) is -2.20. The topological polar surface area (TPSA) is 115 Å². The first-order chi connectivity index (χ1) is 9.22. The predicted molar refractivity (Wildman–Crippen MR) is 84.8 cm³/mol. The second-order valence-corrected chi connectivity index (χ2v) is 8.77. The number of rotatable bonds is 6. The molecule has 6 unspecified atom stereocenters. The quantitative estimate of drug-likeness (QED) is 0.298. The van der Waals surface area contributed by atoms with Crippen molar-refractivity contribution in [3.05, 3.63) is 0 Å². The molecule has 1 rings (SSSR count). The molecule has 1 aliphatic rings. The van der Waals surface area contributed by atoms with Crippen molar-refractivity contribution in [2.45, 2.75) is 44.7 Å². The molecule has 0 aromatic heterocycles. The molecule has 0 aliphatic heterocycles.